The Balaban J connectivity index is 2.01. The second-order valence-electron chi connectivity index (χ2n) is 5.76. The smallest absolute Gasteiger partial charge is 0.0991 e. The van der Waals surface area contributed by atoms with Crippen LogP contribution < -0.4 is 5.32 Å². The van der Waals surface area contributed by atoms with Crippen LogP contribution in [-0.4, -0.2) is 30.6 Å². The molecule has 1 N–H and O–H groups in total. The summed E-state index contributed by atoms with van der Waals surface area (Å²) in [5, 5.41) is 12.3. The normalized spacial score (nSPS) is 20.7. The lowest BCUT2D eigenvalue weighted by molar-refractivity contribution is 0.117. The lowest BCUT2D eigenvalue weighted by Crippen LogP contribution is -2.50. The van der Waals surface area contributed by atoms with Crippen molar-refractivity contribution in [1.82, 2.24) is 10.2 Å². The van der Waals surface area contributed by atoms with Crippen LogP contribution in [0.3, 0.4) is 0 Å². The molecule has 1 aromatic carbocycles. The van der Waals surface area contributed by atoms with Gasteiger partial charge in [-0.25, -0.2) is 0 Å². The molecule has 0 radical (unpaired) electrons. The van der Waals surface area contributed by atoms with Gasteiger partial charge in [0.1, 0.15) is 0 Å². The zero-order chi connectivity index (χ0) is 13.9. The third kappa shape index (κ3) is 3.15. The second kappa shape index (κ2) is 5.73. The maximum Gasteiger partial charge on any atom is 0.0991 e. The van der Waals surface area contributed by atoms with Crippen molar-refractivity contribution >= 4 is 0 Å². The molecule has 0 amide bonds. The van der Waals surface area contributed by atoms with Crippen LogP contribution in [0, 0.1) is 11.3 Å². The number of piperidine rings is 1. The van der Waals surface area contributed by atoms with Crippen molar-refractivity contribution in [1.29, 1.82) is 5.26 Å². The van der Waals surface area contributed by atoms with E-state index in [1.54, 1.807) is 0 Å². The highest BCUT2D eigenvalue weighted by Gasteiger charge is 2.30. The predicted octanol–water partition coefficient (Wildman–Crippen LogP) is 2.69. The van der Waals surface area contributed by atoms with Crippen LogP contribution in [-0.2, 0) is 0 Å². The molecule has 1 aliphatic heterocycles. The molecule has 0 saturated carbocycles. The van der Waals surface area contributed by atoms with E-state index in [2.05, 4.69) is 49.3 Å². The SMILES string of the molecule is CNC1(C)CCN(C(C)c2ccc(C#N)cc2)CC1. The van der Waals surface area contributed by atoms with E-state index in [1.165, 1.54) is 18.4 Å². The molecule has 3 nitrogen and oxygen atoms in total. The molecule has 0 bridgehead atoms. The van der Waals surface area contributed by atoms with Crippen LogP contribution >= 0.6 is 0 Å². The maximum absolute atomic E-state index is 8.83. The van der Waals surface area contributed by atoms with E-state index >= 15 is 0 Å². The third-order valence-corrected chi connectivity index (χ3v) is 4.58. The molecule has 0 aliphatic carbocycles. The van der Waals surface area contributed by atoms with Gasteiger partial charge in [-0.1, -0.05) is 12.1 Å². The lowest BCUT2D eigenvalue weighted by Gasteiger charge is -2.42. The Kier molecular flexibility index (Phi) is 4.24. The van der Waals surface area contributed by atoms with Gasteiger partial charge in [0.25, 0.3) is 0 Å². The Bertz CT molecular complexity index is 450. The van der Waals surface area contributed by atoms with Gasteiger partial charge < -0.3 is 5.32 Å². The summed E-state index contributed by atoms with van der Waals surface area (Å²) in [5.74, 6) is 0. The van der Waals surface area contributed by atoms with Crippen molar-refractivity contribution < 1.29 is 0 Å². The fourth-order valence-corrected chi connectivity index (χ4v) is 2.70. The van der Waals surface area contributed by atoms with Crippen LogP contribution in [0.25, 0.3) is 0 Å². The molecule has 2 rings (SSSR count). The van der Waals surface area contributed by atoms with Gasteiger partial charge in [0.05, 0.1) is 11.6 Å². The zero-order valence-corrected chi connectivity index (χ0v) is 12.1. The number of nitrogens with zero attached hydrogens (tertiary/aromatic N) is 2. The topological polar surface area (TPSA) is 39.1 Å². The van der Waals surface area contributed by atoms with E-state index < -0.39 is 0 Å². The molecule has 1 unspecified atom stereocenters. The number of hydrogen-bond donors (Lipinski definition) is 1. The van der Waals surface area contributed by atoms with Gasteiger partial charge in [0.2, 0.25) is 0 Å². The predicted molar refractivity (Wildman–Crippen MR) is 77.8 cm³/mol. The summed E-state index contributed by atoms with van der Waals surface area (Å²) >= 11 is 0. The van der Waals surface area contributed by atoms with E-state index in [0.29, 0.717) is 11.6 Å². The summed E-state index contributed by atoms with van der Waals surface area (Å²) in [6.45, 7) is 6.80. The molecule has 1 fully saturated rings. The minimum absolute atomic E-state index is 0.293. The molecule has 1 saturated heterocycles. The Hall–Kier alpha value is -1.37. The summed E-state index contributed by atoms with van der Waals surface area (Å²) < 4.78 is 0. The highest BCUT2D eigenvalue weighted by molar-refractivity contribution is 5.32. The van der Waals surface area contributed by atoms with Gasteiger partial charge in [-0.05, 0) is 51.4 Å². The van der Waals surface area contributed by atoms with Crippen molar-refractivity contribution in [2.75, 3.05) is 20.1 Å². The highest BCUT2D eigenvalue weighted by Crippen LogP contribution is 2.28. The first-order valence-corrected chi connectivity index (χ1v) is 7.01. The number of nitriles is 1. The van der Waals surface area contributed by atoms with E-state index in [9.17, 15) is 0 Å². The molecule has 3 heteroatoms. The van der Waals surface area contributed by atoms with Crippen molar-refractivity contribution in [3.63, 3.8) is 0 Å². The number of nitrogens with one attached hydrogen (secondary N) is 1. The lowest BCUT2D eigenvalue weighted by atomic mass is 9.88. The molecule has 1 atom stereocenters. The Morgan fingerprint density at radius 1 is 1.26 bits per heavy atom. The maximum atomic E-state index is 8.83. The Morgan fingerprint density at radius 3 is 2.32 bits per heavy atom. The average Bonchev–Trinajstić information content (AvgIpc) is 2.47. The number of hydrogen-bond acceptors (Lipinski definition) is 3. The number of likely N-dealkylation sites (tertiary alicyclic amines) is 1. The van der Waals surface area contributed by atoms with E-state index in [0.717, 1.165) is 18.7 Å². The summed E-state index contributed by atoms with van der Waals surface area (Å²) in [7, 11) is 2.06. The van der Waals surface area contributed by atoms with Gasteiger partial charge in [0, 0.05) is 24.7 Å². The Morgan fingerprint density at radius 2 is 1.84 bits per heavy atom. The fraction of sp³-hybridized carbons (Fsp3) is 0.562. The number of benzene rings is 1. The van der Waals surface area contributed by atoms with Gasteiger partial charge in [-0.2, -0.15) is 5.26 Å². The summed E-state index contributed by atoms with van der Waals surface area (Å²) in [4.78, 5) is 2.53. The number of rotatable bonds is 3. The van der Waals surface area contributed by atoms with Crippen molar-refractivity contribution in [3.8, 4) is 6.07 Å². The standard InChI is InChI=1S/C16H23N3/c1-13(15-6-4-14(12-17)5-7-15)19-10-8-16(2,18-3)9-11-19/h4-7,13,18H,8-11H2,1-3H3. The largest absolute Gasteiger partial charge is 0.314 e. The van der Waals surface area contributed by atoms with Crippen LogP contribution in [0.15, 0.2) is 24.3 Å². The quantitative estimate of drug-likeness (QED) is 0.905. The molecule has 1 aliphatic rings. The van der Waals surface area contributed by atoms with E-state index in [4.69, 9.17) is 5.26 Å². The van der Waals surface area contributed by atoms with Gasteiger partial charge in [-0.3, -0.25) is 4.90 Å². The first-order chi connectivity index (χ1) is 9.08. The first-order valence-electron chi connectivity index (χ1n) is 7.01. The highest BCUT2D eigenvalue weighted by atomic mass is 15.2. The van der Waals surface area contributed by atoms with Gasteiger partial charge in [0.15, 0.2) is 0 Å². The Labute approximate surface area is 116 Å². The molecule has 19 heavy (non-hydrogen) atoms. The monoisotopic (exact) mass is 257 g/mol. The molecule has 1 aromatic rings. The molecular weight excluding hydrogens is 234 g/mol. The van der Waals surface area contributed by atoms with Crippen LogP contribution in [0.1, 0.15) is 43.9 Å². The molecule has 102 valence electrons. The second-order valence-corrected chi connectivity index (χ2v) is 5.76. The summed E-state index contributed by atoms with van der Waals surface area (Å²) in [6.07, 6.45) is 2.37. The summed E-state index contributed by atoms with van der Waals surface area (Å²) in [6, 6.07) is 10.6. The van der Waals surface area contributed by atoms with Crippen molar-refractivity contribution in [2.24, 2.45) is 0 Å². The average molecular weight is 257 g/mol. The van der Waals surface area contributed by atoms with Crippen LogP contribution in [0.2, 0.25) is 0 Å². The molecule has 0 aromatic heterocycles. The van der Waals surface area contributed by atoms with E-state index in [-0.39, 0.29) is 0 Å². The molecular formula is C16H23N3. The van der Waals surface area contributed by atoms with E-state index in [1.807, 2.05) is 12.1 Å². The molecule has 1 heterocycles. The first kappa shape index (κ1) is 14.0. The van der Waals surface area contributed by atoms with Crippen LogP contribution in [0.5, 0.6) is 0 Å². The fourth-order valence-electron chi connectivity index (χ4n) is 2.70. The minimum atomic E-state index is 0.293. The van der Waals surface area contributed by atoms with Gasteiger partial charge >= 0.3 is 0 Å². The van der Waals surface area contributed by atoms with Gasteiger partial charge in [-0.15, -0.1) is 0 Å². The van der Waals surface area contributed by atoms with Crippen molar-refractivity contribution in [3.05, 3.63) is 35.4 Å². The summed E-state index contributed by atoms with van der Waals surface area (Å²) in [5.41, 5.74) is 2.32. The van der Waals surface area contributed by atoms with Crippen LogP contribution in [0.4, 0.5) is 0 Å². The zero-order valence-electron chi connectivity index (χ0n) is 12.1. The molecule has 0 spiro atoms. The minimum Gasteiger partial charge on any atom is -0.314 e. The van der Waals surface area contributed by atoms with Crippen molar-refractivity contribution in [2.45, 2.75) is 38.3 Å². The third-order valence-electron chi connectivity index (χ3n) is 4.58.